The average molecular weight is 317 g/mol. The lowest BCUT2D eigenvalue weighted by Gasteiger charge is -2.21. The van der Waals surface area contributed by atoms with E-state index in [9.17, 15) is 9.59 Å². The van der Waals surface area contributed by atoms with Crippen LogP contribution in [0.15, 0.2) is 18.2 Å². The van der Waals surface area contributed by atoms with Crippen LogP contribution in [0.2, 0.25) is 10.0 Å². The molecule has 0 aliphatic heterocycles. The van der Waals surface area contributed by atoms with Crippen molar-refractivity contribution in [2.75, 3.05) is 18.4 Å². The average Bonchev–Trinajstić information content (AvgIpc) is 2.41. The minimum Gasteiger partial charge on any atom is -0.333 e. The monoisotopic (exact) mass is 316 g/mol. The van der Waals surface area contributed by atoms with E-state index in [0.717, 1.165) is 6.42 Å². The van der Waals surface area contributed by atoms with Crippen molar-refractivity contribution in [3.05, 3.63) is 28.2 Å². The van der Waals surface area contributed by atoms with Crippen molar-refractivity contribution < 1.29 is 9.59 Å². The summed E-state index contributed by atoms with van der Waals surface area (Å²) in [6.45, 7) is 4.31. The van der Waals surface area contributed by atoms with Crippen LogP contribution >= 0.6 is 23.2 Å². The maximum absolute atomic E-state index is 12.0. The van der Waals surface area contributed by atoms with Crippen LogP contribution in [-0.4, -0.2) is 29.8 Å². The van der Waals surface area contributed by atoms with E-state index in [2.05, 4.69) is 5.32 Å². The Hall–Kier alpha value is -1.26. The molecule has 0 heterocycles. The van der Waals surface area contributed by atoms with Gasteiger partial charge in [0.25, 0.3) is 0 Å². The largest absolute Gasteiger partial charge is 0.333 e. The highest BCUT2D eigenvalue weighted by atomic mass is 35.5. The molecule has 1 aromatic rings. The number of hydrogen-bond acceptors (Lipinski definition) is 2. The highest BCUT2D eigenvalue weighted by molar-refractivity contribution is 6.35. The zero-order valence-corrected chi connectivity index (χ0v) is 13.1. The lowest BCUT2D eigenvalue weighted by molar-refractivity contribution is -0.134. The van der Waals surface area contributed by atoms with Crippen LogP contribution in [-0.2, 0) is 9.59 Å². The molecule has 6 heteroatoms. The molecule has 2 amide bonds. The summed E-state index contributed by atoms with van der Waals surface area (Å²) < 4.78 is 0. The summed E-state index contributed by atoms with van der Waals surface area (Å²) in [4.78, 5) is 25.2. The maximum atomic E-state index is 12.0. The summed E-state index contributed by atoms with van der Waals surface area (Å²) >= 11 is 11.8. The summed E-state index contributed by atoms with van der Waals surface area (Å²) in [6.07, 6.45) is 1.18. The summed E-state index contributed by atoms with van der Waals surface area (Å²) in [5.74, 6) is -0.330. The van der Waals surface area contributed by atoms with Crippen molar-refractivity contribution in [1.29, 1.82) is 0 Å². The standard InChI is InChI=1S/C14H18Cl2N2O2/c1-3-7-18(14(20)4-2)9-13(19)17-12-8-10(15)5-6-11(12)16/h5-6,8H,3-4,7,9H2,1-2H3,(H,17,19). The van der Waals surface area contributed by atoms with Gasteiger partial charge in [0, 0.05) is 18.0 Å². The third kappa shape index (κ3) is 5.02. The fraction of sp³-hybridized carbons (Fsp3) is 0.429. The molecule has 1 rings (SSSR count). The quantitative estimate of drug-likeness (QED) is 0.872. The molecule has 0 aliphatic rings. The highest BCUT2D eigenvalue weighted by Crippen LogP contribution is 2.25. The number of carbonyl (C=O) groups is 2. The Kier molecular flexibility index (Phi) is 6.82. The van der Waals surface area contributed by atoms with Gasteiger partial charge in [0.2, 0.25) is 11.8 Å². The van der Waals surface area contributed by atoms with E-state index in [1.165, 1.54) is 4.90 Å². The van der Waals surface area contributed by atoms with Gasteiger partial charge in [-0.2, -0.15) is 0 Å². The zero-order valence-electron chi connectivity index (χ0n) is 11.6. The van der Waals surface area contributed by atoms with E-state index >= 15 is 0 Å². The fourth-order valence-electron chi connectivity index (χ4n) is 1.74. The van der Waals surface area contributed by atoms with E-state index in [0.29, 0.717) is 28.7 Å². The predicted octanol–water partition coefficient (Wildman–Crippen LogP) is 3.58. The Balaban J connectivity index is 2.70. The maximum Gasteiger partial charge on any atom is 0.244 e. The van der Waals surface area contributed by atoms with Gasteiger partial charge in [-0.15, -0.1) is 0 Å². The number of hydrogen-bond donors (Lipinski definition) is 1. The van der Waals surface area contributed by atoms with Gasteiger partial charge in [-0.3, -0.25) is 9.59 Å². The number of anilines is 1. The van der Waals surface area contributed by atoms with Gasteiger partial charge < -0.3 is 10.2 Å². The smallest absolute Gasteiger partial charge is 0.244 e. The molecule has 0 unspecified atom stereocenters. The molecule has 20 heavy (non-hydrogen) atoms. The Morgan fingerprint density at radius 2 is 1.95 bits per heavy atom. The first-order chi connectivity index (χ1) is 9.47. The van der Waals surface area contributed by atoms with E-state index in [1.54, 1.807) is 25.1 Å². The molecule has 110 valence electrons. The van der Waals surface area contributed by atoms with Gasteiger partial charge in [-0.05, 0) is 24.6 Å². The number of nitrogens with one attached hydrogen (secondary N) is 1. The first-order valence-electron chi connectivity index (χ1n) is 6.50. The van der Waals surface area contributed by atoms with Crippen molar-refractivity contribution in [3.63, 3.8) is 0 Å². The summed E-state index contributed by atoms with van der Waals surface area (Å²) in [5.41, 5.74) is 0.449. The number of rotatable bonds is 6. The van der Waals surface area contributed by atoms with Crippen molar-refractivity contribution in [1.82, 2.24) is 4.90 Å². The van der Waals surface area contributed by atoms with Gasteiger partial charge in [-0.1, -0.05) is 37.0 Å². The number of halogens is 2. The molecule has 0 radical (unpaired) electrons. The van der Waals surface area contributed by atoms with Gasteiger partial charge in [0.05, 0.1) is 17.3 Å². The van der Waals surface area contributed by atoms with Crippen LogP contribution in [0.1, 0.15) is 26.7 Å². The molecule has 0 aromatic heterocycles. The molecular weight excluding hydrogens is 299 g/mol. The van der Waals surface area contributed by atoms with Crippen LogP contribution in [0.3, 0.4) is 0 Å². The van der Waals surface area contributed by atoms with Crippen LogP contribution in [0.25, 0.3) is 0 Å². The minimum absolute atomic E-state index is 0.0172. The molecule has 0 atom stereocenters. The highest BCUT2D eigenvalue weighted by Gasteiger charge is 2.15. The molecule has 0 spiro atoms. The van der Waals surface area contributed by atoms with E-state index in [1.807, 2.05) is 6.92 Å². The van der Waals surface area contributed by atoms with Crippen molar-refractivity contribution in [2.45, 2.75) is 26.7 Å². The molecule has 0 saturated carbocycles. The van der Waals surface area contributed by atoms with Crippen LogP contribution in [0, 0.1) is 0 Å². The lowest BCUT2D eigenvalue weighted by atomic mass is 10.3. The fourth-order valence-corrected chi connectivity index (χ4v) is 2.08. The Bertz CT molecular complexity index is 492. The van der Waals surface area contributed by atoms with E-state index in [4.69, 9.17) is 23.2 Å². The molecule has 0 fully saturated rings. The second-order valence-electron chi connectivity index (χ2n) is 4.34. The summed E-state index contributed by atoms with van der Waals surface area (Å²) in [7, 11) is 0. The summed E-state index contributed by atoms with van der Waals surface area (Å²) in [6, 6.07) is 4.83. The SMILES string of the molecule is CCCN(CC(=O)Nc1cc(Cl)ccc1Cl)C(=O)CC. The molecule has 0 bridgehead atoms. The predicted molar refractivity (Wildman–Crippen MR) is 82.3 cm³/mol. The molecule has 1 N–H and O–H groups in total. The zero-order chi connectivity index (χ0) is 15.1. The van der Waals surface area contributed by atoms with Gasteiger partial charge >= 0.3 is 0 Å². The molecule has 0 saturated heterocycles. The minimum atomic E-state index is -0.288. The van der Waals surface area contributed by atoms with Crippen molar-refractivity contribution in [3.8, 4) is 0 Å². The lowest BCUT2D eigenvalue weighted by Crippen LogP contribution is -2.38. The Morgan fingerprint density at radius 1 is 1.25 bits per heavy atom. The second-order valence-corrected chi connectivity index (χ2v) is 5.18. The van der Waals surface area contributed by atoms with Gasteiger partial charge in [0.15, 0.2) is 0 Å². The normalized spacial score (nSPS) is 10.2. The topological polar surface area (TPSA) is 49.4 Å². The molecule has 0 aliphatic carbocycles. The first kappa shape index (κ1) is 16.8. The number of benzene rings is 1. The molecular formula is C14H18Cl2N2O2. The second kappa shape index (κ2) is 8.12. The number of nitrogens with zero attached hydrogens (tertiary/aromatic N) is 1. The van der Waals surface area contributed by atoms with Crippen LogP contribution in [0.5, 0.6) is 0 Å². The Labute approximate surface area is 129 Å². The summed E-state index contributed by atoms with van der Waals surface area (Å²) in [5, 5.41) is 3.56. The van der Waals surface area contributed by atoms with Crippen molar-refractivity contribution in [2.24, 2.45) is 0 Å². The Morgan fingerprint density at radius 3 is 2.55 bits per heavy atom. The van der Waals surface area contributed by atoms with Crippen LogP contribution in [0.4, 0.5) is 5.69 Å². The van der Waals surface area contributed by atoms with Crippen molar-refractivity contribution >= 4 is 40.7 Å². The first-order valence-corrected chi connectivity index (χ1v) is 7.26. The number of carbonyl (C=O) groups excluding carboxylic acids is 2. The number of amides is 2. The molecule has 1 aromatic carbocycles. The molecule has 4 nitrogen and oxygen atoms in total. The van der Waals surface area contributed by atoms with E-state index in [-0.39, 0.29) is 18.4 Å². The third-order valence-electron chi connectivity index (χ3n) is 2.69. The van der Waals surface area contributed by atoms with Crippen LogP contribution < -0.4 is 5.32 Å². The van der Waals surface area contributed by atoms with Gasteiger partial charge in [0.1, 0.15) is 0 Å². The van der Waals surface area contributed by atoms with Gasteiger partial charge in [-0.25, -0.2) is 0 Å². The van der Waals surface area contributed by atoms with E-state index < -0.39 is 0 Å². The third-order valence-corrected chi connectivity index (χ3v) is 3.25.